The van der Waals surface area contributed by atoms with Crippen LogP contribution in [0.1, 0.15) is 26.2 Å². The lowest BCUT2D eigenvalue weighted by molar-refractivity contribution is -0.143. The minimum atomic E-state index is -0.304. The first-order chi connectivity index (χ1) is 8.61. The first-order valence-electron chi connectivity index (χ1n) is 6.44. The highest BCUT2D eigenvalue weighted by molar-refractivity contribution is 5.78. The van der Waals surface area contributed by atoms with Crippen molar-refractivity contribution >= 4 is 11.9 Å². The van der Waals surface area contributed by atoms with Gasteiger partial charge in [0.2, 0.25) is 5.91 Å². The van der Waals surface area contributed by atoms with E-state index in [9.17, 15) is 14.7 Å². The van der Waals surface area contributed by atoms with Gasteiger partial charge in [0.25, 0.3) is 0 Å². The lowest BCUT2D eigenvalue weighted by Gasteiger charge is -2.14. The summed E-state index contributed by atoms with van der Waals surface area (Å²) in [7, 11) is 0. The van der Waals surface area contributed by atoms with Crippen LogP contribution in [0.2, 0.25) is 0 Å². The zero-order valence-corrected chi connectivity index (χ0v) is 10.9. The summed E-state index contributed by atoms with van der Waals surface area (Å²) in [5, 5.41) is 12.1. The molecule has 0 spiro atoms. The molecule has 1 saturated heterocycles. The average molecular weight is 258 g/mol. The Morgan fingerprint density at radius 2 is 2.28 bits per heavy atom. The third-order valence-corrected chi connectivity index (χ3v) is 2.80. The number of β-amino-alcohol motifs (C(OH)–C–C–N with tert-alkyl or cyclic N) is 1. The Morgan fingerprint density at radius 3 is 2.89 bits per heavy atom. The second-order valence-corrected chi connectivity index (χ2v) is 4.44. The largest absolute Gasteiger partial charge is 0.466 e. The first-order valence-corrected chi connectivity index (χ1v) is 6.44. The summed E-state index contributed by atoms with van der Waals surface area (Å²) in [4.78, 5) is 24.5. The topological polar surface area (TPSA) is 78.9 Å². The van der Waals surface area contributed by atoms with Gasteiger partial charge in [-0.05, 0) is 19.8 Å². The molecule has 0 aromatic rings. The van der Waals surface area contributed by atoms with E-state index in [2.05, 4.69) is 5.32 Å². The fraction of sp³-hybridized carbons (Fsp3) is 0.833. The van der Waals surface area contributed by atoms with Gasteiger partial charge in [0, 0.05) is 26.1 Å². The number of rotatable bonds is 7. The Kier molecular flexibility index (Phi) is 6.67. The number of nitrogens with one attached hydrogen (secondary N) is 1. The number of nitrogens with zero attached hydrogens (tertiary/aromatic N) is 1. The van der Waals surface area contributed by atoms with E-state index in [-0.39, 0.29) is 18.0 Å². The van der Waals surface area contributed by atoms with Crippen LogP contribution in [0.3, 0.4) is 0 Å². The third kappa shape index (κ3) is 5.97. The summed E-state index contributed by atoms with van der Waals surface area (Å²) in [6, 6.07) is 0. The van der Waals surface area contributed by atoms with Crippen LogP contribution in [0.4, 0.5) is 0 Å². The summed E-state index contributed by atoms with van der Waals surface area (Å²) in [5.74, 6) is -0.289. The van der Waals surface area contributed by atoms with Gasteiger partial charge in [-0.25, -0.2) is 0 Å². The number of aliphatic hydroxyl groups is 1. The number of likely N-dealkylation sites (tertiary alicyclic amines) is 1. The summed E-state index contributed by atoms with van der Waals surface area (Å²) in [6.45, 7) is 4.28. The highest BCUT2D eigenvalue weighted by atomic mass is 16.5. The summed E-state index contributed by atoms with van der Waals surface area (Å²) in [5.41, 5.74) is 0. The normalized spacial score (nSPS) is 19.8. The van der Waals surface area contributed by atoms with Gasteiger partial charge >= 0.3 is 5.97 Å². The van der Waals surface area contributed by atoms with Crippen LogP contribution in [0.15, 0.2) is 0 Å². The second-order valence-electron chi connectivity index (χ2n) is 4.44. The standard InChI is InChI=1S/C12H22N2O4/c1-2-18-12(17)4-3-6-13-11(16)9-14-7-5-10(15)8-14/h10,15H,2-9H2,1H3,(H,13,16)/t10-/m1/s1. The summed E-state index contributed by atoms with van der Waals surface area (Å²) < 4.78 is 4.78. The molecule has 0 unspecified atom stereocenters. The van der Waals surface area contributed by atoms with Gasteiger partial charge in [-0.3, -0.25) is 14.5 Å². The molecule has 1 aliphatic rings. The number of aliphatic hydroxyl groups excluding tert-OH is 1. The van der Waals surface area contributed by atoms with Crippen LogP contribution in [-0.4, -0.2) is 60.8 Å². The zero-order valence-electron chi connectivity index (χ0n) is 10.9. The Balaban J connectivity index is 2.01. The number of hydrogen-bond acceptors (Lipinski definition) is 5. The minimum absolute atomic E-state index is 0.0621. The van der Waals surface area contributed by atoms with Crippen molar-refractivity contribution < 1.29 is 19.4 Å². The molecule has 1 amide bonds. The summed E-state index contributed by atoms with van der Waals surface area (Å²) in [6.07, 6.45) is 1.35. The maximum absolute atomic E-state index is 11.5. The highest BCUT2D eigenvalue weighted by Crippen LogP contribution is 2.07. The Bertz CT molecular complexity index is 283. The number of carbonyl (C=O) groups excluding carboxylic acids is 2. The van der Waals surface area contributed by atoms with E-state index in [4.69, 9.17) is 4.74 Å². The molecule has 18 heavy (non-hydrogen) atoms. The molecule has 104 valence electrons. The number of esters is 1. The van der Waals surface area contributed by atoms with Gasteiger partial charge in [0.1, 0.15) is 0 Å². The van der Waals surface area contributed by atoms with Gasteiger partial charge in [-0.15, -0.1) is 0 Å². The number of ether oxygens (including phenoxy) is 1. The monoisotopic (exact) mass is 258 g/mol. The molecule has 1 fully saturated rings. The first kappa shape index (κ1) is 14.9. The molecule has 1 aliphatic heterocycles. The average Bonchev–Trinajstić information content (AvgIpc) is 2.70. The Hall–Kier alpha value is -1.14. The fourth-order valence-corrected chi connectivity index (χ4v) is 1.91. The van der Waals surface area contributed by atoms with Crippen molar-refractivity contribution in [1.29, 1.82) is 0 Å². The van der Waals surface area contributed by atoms with E-state index in [1.807, 2.05) is 4.90 Å². The van der Waals surface area contributed by atoms with Crippen LogP contribution in [-0.2, 0) is 14.3 Å². The van der Waals surface area contributed by atoms with Crippen LogP contribution >= 0.6 is 0 Å². The molecule has 0 aromatic heterocycles. The molecular weight excluding hydrogens is 236 g/mol. The van der Waals surface area contributed by atoms with E-state index in [0.29, 0.717) is 39.1 Å². The van der Waals surface area contributed by atoms with E-state index in [1.54, 1.807) is 6.92 Å². The quantitative estimate of drug-likeness (QED) is 0.476. The minimum Gasteiger partial charge on any atom is -0.466 e. The smallest absolute Gasteiger partial charge is 0.305 e. The molecule has 1 heterocycles. The van der Waals surface area contributed by atoms with Crippen LogP contribution in [0.5, 0.6) is 0 Å². The lowest BCUT2D eigenvalue weighted by Crippen LogP contribution is -2.37. The highest BCUT2D eigenvalue weighted by Gasteiger charge is 2.21. The third-order valence-electron chi connectivity index (χ3n) is 2.80. The Morgan fingerprint density at radius 1 is 1.50 bits per heavy atom. The molecule has 0 aliphatic carbocycles. The van der Waals surface area contributed by atoms with Crippen LogP contribution in [0, 0.1) is 0 Å². The van der Waals surface area contributed by atoms with Gasteiger partial charge < -0.3 is 15.2 Å². The number of hydrogen-bond donors (Lipinski definition) is 2. The van der Waals surface area contributed by atoms with Crippen molar-refractivity contribution in [3.63, 3.8) is 0 Å². The zero-order chi connectivity index (χ0) is 13.4. The van der Waals surface area contributed by atoms with Crippen LogP contribution < -0.4 is 5.32 Å². The van der Waals surface area contributed by atoms with Crippen molar-refractivity contribution in [2.24, 2.45) is 0 Å². The molecule has 6 heteroatoms. The van der Waals surface area contributed by atoms with Crippen molar-refractivity contribution in [3.05, 3.63) is 0 Å². The predicted octanol–water partition coefficient (Wildman–Crippen LogP) is -0.487. The second kappa shape index (κ2) is 8.05. The van der Waals surface area contributed by atoms with Crippen molar-refractivity contribution in [2.75, 3.05) is 32.8 Å². The van der Waals surface area contributed by atoms with Crippen molar-refractivity contribution in [1.82, 2.24) is 10.2 Å². The van der Waals surface area contributed by atoms with Gasteiger partial charge in [0.05, 0.1) is 19.3 Å². The van der Waals surface area contributed by atoms with E-state index < -0.39 is 0 Å². The van der Waals surface area contributed by atoms with Gasteiger partial charge in [-0.1, -0.05) is 0 Å². The molecule has 0 radical (unpaired) electrons. The fourth-order valence-electron chi connectivity index (χ4n) is 1.91. The van der Waals surface area contributed by atoms with E-state index in [0.717, 1.165) is 13.0 Å². The molecule has 2 N–H and O–H groups in total. The predicted molar refractivity (Wildman–Crippen MR) is 65.9 cm³/mol. The van der Waals surface area contributed by atoms with E-state index >= 15 is 0 Å². The van der Waals surface area contributed by atoms with Crippen molar-refractivity contribution in [2.45, 2.75) is 32.3 Å². The maximum Gasteiger partial charge on any atom is 0.305 e. The van der Waals surface area contributed by atoms with Crippen molar-refractivity contribution in [3.8, 4) is 0 Å². The molecule has 0 saturated carbocycles. The molecule has 0 aromatic carbocycles. The molecule has 1 rings (SSSR count). The SMILES string of the molecule is CCOC(=O)CCCNC(=O)CN1CC[C@@H](O)C1. The van der Waals surface area contributed by atoms with Crippen LogP contribution in [0.25, 0.3) is 0 Å². The number of amides is 1. The molecule has 6 nitrogen and oxygen atoms in total. The van der Waals surface area contributed by atoms with E-state index in [1.165, 1.54) is 0 Å². The molecule has 1 atom stereocenters. The van der Waals surface area contributed by atoms with Gasteiger partial charge in [0.15, 0.2) is 0 Å². The lowest BCUT2D eigenvalue weighted by atomic mass is 10.3. The maximum atomic E-state index is 11.5. The number of carbonyl (C=O) groups is 2. The molecule has 0 bridgehead atoms. The van der Waals surface area contributed by atoms with Gasteiger partial charge in [-0.2, -0.15) is 0 Å². The summed E-state index contributed by atoms with van der Waals surface area (Å²) >= 11 is 0. The molecular formula is C12H22N2O4. The Labute approximate surface area is 107 Å².